The Hall–Kier alpha value is -1.26. The second-order valence-corrected chi connectivity index (χ2v) is 5.64. The van der Waals surface area contributed by atoms with Crippen LogP contribution in [0.5, 0.6) is 0 Å². The number of nitrogens with one attached hydrogen (secondary N) is 2. The molecule has 0 spiro atoms. The van der Waals surface area contributed by atoms with Gasteiger partial charge in [0.05, 0.1) is 13.2 Å². The van der Waals surface area contributed by atoms with Crippen LogP contribution in [0, 0.1) is 0 Å². The summed E-state index contributed by atoms with van der Waals surface area (Å²) in [6.45, 7) is 1.36. The molecular weight excluding hydrogens is 308 g/mol. The van der Waals surface area contributed by atoms with E-state index in [1.54, 1.807) is 0 Å². The lowest BCUT2D eigenvalue weighted by Gasteiger charge is -2.41. The molecular formula is C14H22N2O7. The summed E-state index contributed by atoms with van der Waals surface area (Å²) in [5, 5.41) is 5.40. The number of fused-ring (bicyclic) bond motifs is 2. The van der Waals surface area contributed by atoms with Crippen molar-refractivity contribution in [3.05, 3.63) is 0 Å². The third kappa shape index (κ3) is 4.85. The van der Waals surface area contributed by atoms with Crippen molar-refractivity contribution in [1.29, 1.82) is 0 Å². The zero-order valence-corrected chi connectivity index (χ0v) is 12.8. The van der Waals surface area contributed by atoms with Crippen LogP contribution in [-0.2, 0) is 33.3 Å². The average Bonchev–Trinajstić information content (AvgIpc) is 2.54. The molecule has 9 heteroatoms. The van der Waals surface area contributed by atoms with Crippen LogP contribution in [0.2, 0.25) is 0 Å². The maximum Gasteiger partial charge on any atom is 0.246 e. The minimum absolute atomic E-state index is 0.153. The molecule has 5 aliphatic rings. The van der Waals surface area contributed by atoms with Gasteiger partial charge in [0.1, 0.15) is 25.4 Å². The minimum atomic E-state index is -0.389. The zero-order chi connectivity index (χ0) is 16.1. The van der Waals surface area contributed by atoms with Gasteiger partial charge in [-0.05, 0) is 0 Å². The van der Waals surface area contributed by atoms with Gasteiger partial charge in [0.2, 0.25) is 11.8 Å². The molecule has 0 aliphatic carbocycles. The van der Waals surface area contributed by atoms with Gasteiger partial charge in [-0.15, -0.1) is 0 Å². The fourth-order valence-corrected chi connectivity index (χ4v) is 2.64. The topological polar surface area (TPSA) is 104 Å². The van der Waals surface area contributed by atoms with Gasteiger partial charge >= 0.3 is 0 Å². The molecule has 4 bridgehead atoms. The molecule has 0 saturated carbocycles. The number of rotatable bonds is 0. The van der Waals surface area contributed by atoms with Crippen molar-refractivity contribution in [2.75, 3.05) is 39.5 Å². The average molecular weight is 330 g/mol. The summed E-state index contributed by atoms with van der Waals surface area (Å²) in [7, 11) is 0. The van der Waals surface area contributed by atoms with E-state index in [4.69, 9.17) is 23.7 Å². The van der Waals surface area contributed by atoms with E-state index in [0.29, 0.717) is 39.1 Å². The van der Waals surface area contributed by atoms with Crippen LogP contribution in [0.15, 0.2) is 0 Å². The predicted octanol–water partition coefficient (Wildman–Crippen LogP) is -1.49. The molecule has 9 nitrogen and oxygen atoms in total. The Morgan fingerprint density at radius 2 is 1.26 bits per heavy atom. The van der Waals surface area contributed by atoms with Gasteiger partial charge in [-0.25, -0.2) is 0 Å². The quantitative estimate of drug-likeness (QED) is 0.558. The van der Waals surface area contributed by atoms with Crippen molar-refractivity contribution in [2.24, 2.45) is 0 Å². The summed E-state index contributed by atoms with van der Waals surface area (Å²) in [5.74, 6) is -0.549. The highest BCUT2D eigenvalue weighted by atomic mass is 16.8. The van der Waals surface area contributed by atoms with Crippen molar-refractivity contribution in [3.8, 4) is 0 Å². The number of carbonyl (C=O) groups excluding carboxylic acids is 2. The van der Waals surface area contributed by atoms with Gasteiger partial charge in [-0.2, -0.15) is 0 Å². The van der Waals surface area contributed by atoms with E-state index in [0.717, 1.165) is 0 Å². The van der Waals surface area contributed by atoms with Gasteiger partial charge < -0.3 is 34.3 Å². The van der Waals surface area contributed by atoms with E-state index in [2.05, 4.69) is 10.6 Å². The minimum Gasteiger partial charge on any atom is -0.362 e. The molecule has 23 heavy (non-hydrogen) atoms. The lowest BCUT2D eigenvalue weighted by Crippen LogP contribution is -2.53. The van der Waals surface area contributed by atoms with Crippen molar-refractivity contribution in [1.82, 2.24) is 10.6 Å². The maximum absolute atomic E-state index is 11.6. The lowest BCUT2D eigenvalue weighted by atomic mass is 10.1. The maximum atomic E-state index is 11.6. The Labute approximate surface area is 133 Å². The molecule has 4 atom stereocenters. The zero-order valence-electron chi connectivity index (χ0n) is 12.8. The Kier molecular flexibility index (Phi) is 5.79. The van der Waals surface area contributed by atoms with Crippen LogP contribution in [0.1, 0.15) is 12.8 Å². The second kappa shape index (κ2) is 8.02. The molecule has 5 fully saturated rings. The highest BCUT2D eigenvalue weighted by molar-refractivity contribution is 5.79. The molecule has 2 amide bonds. The first kappa shape index (κ1) is 16.6. The lowest BCUT2D eigenvalue weighted by molar-refractivity contribution is -0.337. The standard InChI is InChI=1S/C14H22N2O7/c17-11-7-19-8-12(18)16-4-2-14-21-6-9-10(23-14)5-20-13(22-9)1-3-15-11/h9-10,13-14H,1-8H2,(H,15,17)(H,16,18)/t9-,10-,13+,14+/m0/s1. The number of amides is 2. The summed E-state index contributed by atoms with van der Waals surface area (Å²) in [6.07, 6.45) is -0.0681. The normalized spacial score (nSPS) is 37.0. The van der Waals surface area contributed by atoms with E-state index < -0.39 is 0 Å². The number of ether oxygens (including phenoxy) is 5. The first-order valence-corrected chi connectivity index (χ1v) is 7.86. The monoisotopic (exact) mass is 330 g/mol. The highest BCUT2D eigenvalue weighted by Crippen LogP contribution is 2.24. The van der Waals surface area contributed by atoms with Crippen LogP contribution in [-0.4, -0.2) is 76.1 Å². The molecule has 0 aromatic heterocycles. The molecule has 5 rings (SSSR count). The fourth-order valence-electron chi connectivity index (χ4n) is 2.64. The first-order chi connectivity index (χ1) is 11.2. The first-order valence-electron chi connectivity index (χ1n) is 7.86. The highest BCUT2D eigenvalue weighted by Gasteiger charge is 2.38. The SMILES string of the molecule is O=C1COCC(=O)NCC[C@@H]2OC[C@@H]3O[C@H](CCN1)OC[C@@H]3O2. The van der Waals surface area contributed by atoms with E-state index in [-0.39, 0.29) is 49.8 Å². The summed E-state index contributed by atoms with van der Waals surface area (Å²) >= 11 is 0. The summed E-state index contributed by atoms with van der Waals surface area (Å²) < 4.78 is 27.9. The van der Waals surface area contributed by atoms with Crippen molar-refractivity contribution in [3.63, 3.8) is 0 Å². The second-order valence-electron chi connectivity index (χ2n) is 5.64. The van der Waals surface area contributed by atoms with Crippen LogP contribution >= 0.6 is 0 Å². The number of hydrogen-bond donors (Lipinski definition) is 2. The molecule has 130 valence electrons. The molecule has 5 heterocycles. The van der Waals surface area contributed by atoms with Crippen LogP contribution < -0.4 is 10.6 Å². The van der Waals surface area contributed by atoms with E-state index >= 15 is 0 Å². The number of carbonyl (C=O) groups is 2. The fraction of sp³-hybridized carbons (Fsp3) is 0.857. The van der Waals surface area contributed by atoms with Crippen LogP contribution in [0.4, 0.5) is 0 Å². The molecule has 0 unspecified atom stereocenters. The van der Waals surface area contributed by atoms with E-state index in [1.165, 1.54) is 0 Å². The Balaban J connectivity index is 1.57. The Morgan fingerprint density at radius 1 is 0.783 bits per heavy atom. The van der Waals surface area contributed by atoms with Gasteiger partial charge in [0.25, 0.3) is 0 Å². The molecule has 5 saturated heterocycles. The molecule has 5 aliphatic heterocycles. The van der Waals surface area contributed by atoms with Crippen LogP contribution in [0.25, 0.3) is 0 Å². The molecule has 0 aromatic rings. The van der Waals surface area contributed by atoms with Gasteiger partial charge in [0, 0.05) is 25.9 Å². The smallest absolute Gasteiger partial charge is 0.246 e. The van der Waals surface area contributed by atoms with Gasteiger partial charge in [0.15, 0.2) is 12.6 Å². The molecule has 0 aromatic carbocycles. The predicted molar refractivity (Wildman–Crippen MR) is 75.3 cm³/mol. The van der Waals surface area contributed by atoms with E-state index in [1.807, 2.05) is 0 Å². The molecule has 0 radical (unpaired) electrons. The number of hydrogen-bond acceptors (Lipinski definition) is 7. The van der Waals surface area contributed by atoms with Crippen molar-refractivity contribution in [2.45, 2.75) is 37.6 Å². The Bertz CT molecular complexity index is 395. The largest absolute Gasteiger partial charge is 0.362 e. The van der Waals surface area contributed by atoms with Crippen LogP contribution in [0.3, 0.4) is 0 Å². The van der Waals surface area contributed by atoms with Crippen molar-refractivity contribution >= 4 is 11.8 Å². The third-order valence-electron chi connectivity index (χ3n) is 3.83. The van der Waals surface area contributed by atoms with Gasteiger partial charge in [-0.1, -0.05) is 0 Å². The molecule has 2 N–H and O–H groups in total. The summed E-state index contributed by atoms with van der Waals surface area (Å²) in [4.78, 5) is 23.2. The Morgan fingerprint density at radius 3 is 1.74 bits per heavy atom. The third-order valence-corrected chi connectivity index (χ3v) is 3.83. The van der Waals surface area contributed by atoms with Gasteiger partial charge in [-0.3, -0.25) is 9.59 Å². The summed E-state index contributed by atoms with van der Waals surface area (Å²) in [5.41, 5.74) is 0. The summed E-state index contributed by atoms with van der Waals surface area (Å²) in [6, 6.07) is 0. The van der Waals surface area contributed by atoms with Crippen molar-refractivity contribution < 1.29 is 33.3 Å². The van der Waals surface area contributed by atoms with E-state index in [9.17, 15) is 9.59 Å².